The first-order valence-corrected chi connectivity index (χ1v) is 10.4. The van der Waals surface area contributed by atoms with Crippen LogP contribution in [0.15, 0.2) is 53.4 Å². The normalized spacial score (nSPS) is 15.5. The van der Waals surface area contributed by atoms with Gasteiger partial charge in [0.2, 0.25) is 10.0 Å². The third-order valence-electron chi connectivity index (χ3n) is 4.16. The lowest BCUT2D eigenvalue weighted by atomic mass is 10.0. The average molecular weight is 455 g/mol. The van der Waals surface area contributed by atoms with Gasteiger partial charge in [-0.15, -0.1) is 0 Å². The van der Waals surface area contributed by atoms with Crippen LogP contribution in [0.1, 0.15) is 28.8 Å². The molecule has 0 atom stereocenters. The highest BCUT2D eigenvalue weighted by molar-refractivity contribution is 14.1. The zero-order valence-corrected chi connectivity index (χ0v) is 16.1. The van der Waals surface area contributed by atoms with E-state index >= 15 is 0 Å². The van der Waals surface area contributed by atoms with Crippen molar-refractivity contribution in [3.63, 3.8) is 0 Å². The first kappa shape index (κ1) is 17.6. The third kappa shape index (κ3) is 3.87. The van der Waals surface area contributed by atoms with Crippen molar-refractivity contribution in [1.82, 2.24) is 4.31 Å². The lowest BCUT2D eigenvalue weighted by Gasteiger charge is -2.15. The van der Waals surface area contributed by atoms with Crippen molar-refractivity contribution < 1.29 is 13.2 Å². The minimum atomic E-state index is -3.42. The molecule has 0 aromatic heterocycles. The van der Waals surface area contributed by atoms with E-state index in [0.717, 1.165) is 22.0 Å². The molecule has 6 heteroatoms. The number of Topliss-reactive ketones (excluding diaryl/α,β-unsaturated/α-hetero) is 1. The van der Waals surface area contributed by atoms with Crippen LogP contribution in [-0.4, -0.2) is 31.6 Å². The first-order chi connectivity index (χ1) is 11.5. The zero-order chi connectivity index (χ0) is 17.2. The zero-order valence-electron chi connectivity index (χ0n) is 13.1. The number of carbonyl (C=O) groups excluding carboxylic acids is 1. The van der Waals surface area contributed by atoms with Gasteiger partial charge in [-0.25, -0.2) is 8.42 Å². The maximum atomic E-state index is 12.5. The van der Waals surface area contributed by atoms with Gasteiger partial charge in [0.05, 0.1) is 4.90 Å². The summed E-state index contributed by atoms with van der Waals surface area (Å²) in [5.74, 6) is -0.0127. The van der Waals surface area contributed by atoms with Gasteiger partial charge in [-0.1, -0.05) is 24.3 Å². The standard InChI is InChI=1S/C18H18INO3S/c19-16-7-3-14(4-8-16)13-18(21)15-5-9-17(10-6-15)24(22,23)20-11-1-2-12-20/h3-10H,1-2,11-13H2. The molecule has 1 saturated heterocycles. The van der Waals surface area contributed by atoms with E-state index in [1.807, 2.05) is 24.3 Å². The molecule has 0 radical (unpaired) electrons. The summed E-state index contributed by atoms with van der Waals surface area (Å²) in [6, 6.07) is 14.1. The van der Waals surface area contributed by atoms with Gasteiger partial charge in [-0.2, -0.15) is 4.31 Å². The Morgan fingerprint density at radius 3 is 2.12 bits per heavy atom. The van der Waals surface area contributed by atoms with E-state index < -0.39 is 10.0 Å². The number of hydrogen-bond acceptors (Lipinski definition) is 3. The van der Waals surface area contributed by atoms with Gasteiger partial charge >= 0.3 is 0 Å². The Morgan fingerprint density at radius 1 is 0.958 bits per heavy atom. The maximum Gasteiger partial charge on any atom is 0.243 e. The smallest absolute Gasteiger partial charge is 0.243 e. The summed E-state index contributed by atoms with van der Waals surface area (Å²) in [5.41, 5.74) is 1.49. The Bertz CT molecular complexity index is 824. The summed E-state index contributed by atoms with van der Waals surface area (Å²) in [5, 5.41) is 0. The molecule has 1 aliphatic heterocycles. The van der Waals surface area contributed by atoms with Crippen molar-refractivity contribution in [3.8, 4) is 0 Å². The van der Waals surface area contributed by atoms with Crippen LogP contribution in [0.4, 0.5) is 0 Å². The summed E-state index contributed by atoms with van der Waals surface area (Å²) in [6.07, 6.45) is 2.13. The Hall–Kier alpha value is -1.25. The molecule has 1 heterocycles. The highest BCUT2D eigenvalue weighted by atomic mass is 127. The predicted octanol–water partition coefficient (Wildman–Crippen LogP) is 3.50. The van der Waals surface area contributed by atoms with Gasteiger partial charge in [0.25, 0.3) is 0 Å². The summed E-state index contributed by atoms with van der Waals surface area (Å²) < 4.78 is 27.6. The average Bonchev–Trinajstić information content (AvgIpc) is 3.12. The molecule has 0 bridgehead atoms. The fourth-order valence-electron chi connectivity index (χ4n) is 2.78. The van der Waals surface area contributed by atoms with Crippen LogP contribution in [0.25, 0.3) is 0 Å². The second-order valence-corrected chi connectivity index (χ2v) is 9.05. The third-order valence-corrected chi connectivity index (χ3v) is 6.79. The molecular weight excluding hydrogens is 437 g/mol. The fraction of sp³-hybridized carbons (Fsp3) is 0.278. The number of rotatable bonds is 5. The first-order valence-electron chi connectivity index (χ1n) is 7.85. The molecular formula is C18H18INO3S. The van der Waals surface area contributed by atoms with Crippen LogP contribution in [0.2, 0.25) is 0 Å². The van der Waals surface area contributed by atoms with Crippen LogP contribution in [0, 0.1) is 3.57 Å². The SMILES string of the molecule is O=C(Cc1ccc(I)cc1)c1ccc(S(=O)(=O)N2CCCC2)cc1. The van der Waals surface area contributed by atoms with Crippen LogP contribution >= 0.6 is 22.6 Å². The van der Waals surface area contributed by atoms with Crippen molar-refractivity contribution in [2.45, 2.75) is 24.2 Å². The lowest BCUT2D eigenvalue weighted by Crippen LogP contribution is -2.27. The Balaban J connectivity index is 1.74. The summed E-state index contributed by atoms with van der Waals surface area (Å²) in [6.45, 7) is 1.16. The van der Waals surface area contributed by atoms with Crippen LogP contribution < -0.4 is 0 Å². The Kier molecular flexibility index (Phi) is 5.36. The molecule has 0 unspecified atom stereocenters. The van der Waals surface area contributed by atoms with Crippen molar-refractivity contribution in [3.05, 3.63) is 63.2 Å². The highest BCUT2D eigenvalue weighted by Crippen LogP contribution is 2.21. The number of nitrogens with zero attached hydrogens (tertiary/aromatic N) is 1. The molecule has 24 heavy (non-hydrogen) atoms. The second kappa shape index (κ2) is 7.33. The molecule has 2 aromatic carbocycles. The lowest BCUT2D eigenvalue weighted by molar-refractivity contribution is 0.0993. The van der Waals surface area contributed by atoms with Crippen LogP contribution in [0.3, 0.4) is 0 Å². The molecule has 1 aliphatic rings. The van der Waals surface area contributed by atoms with E-state index in [1.165, 1.54) is 16.4 Å². The fourth-order valence-corrected chi connectivity index (χ4v) is 4.66. The van der Waals surface area contributed by atoms with E-state index in [1.54, 1.807) is 12.1 Å². The second-order valence-electron chi connectivity index (χ2n) is 5.86. The molecule has 0 spiro atoms. The summed E-state index contributed by atoms with van der Waals surface area (Å²) in [4.78, 5) is 12.6. The highest BCUT2D eigenvalue weighted by Gasteiger charge is 2.27. The number of sulfonamides is 1. The van der Waals surface area contributed by atoms with Gasteiger partial charge in [-0.3, -0.25) is 4.79 Å². The predicted molar refractivity (Wildman–Crippen MR) is 102 cm³/mol. The van der Waals surface area contributed by atoms with Crippen molar-refractivity contribution in [2.24, 2.45) is 0 Å². The minimum absolute atomic E-state index is 0.0127. The quantitative estimate of drug-likeness (QED) is 0.513. The van der Waals surface area contributed by atoms with Gasteiger partial charge < -0.3 is 0 Å². The van der Waals surface area contributed by atoms with Gasteiger partial charge in [0.15, 0.2) is 5.78 Å². The van der Waals surface area contributed by atoms with Crippen molar-refractivity contribution >= 4 is 38.4 Å². The Morgan fingerprint density at radius 2 is 1.54 bits per heavy atom. The van der Waals surface area contributed by atoms with Gasteiger partial charge in [0.1, 0.15) is 0 Å². The van der Waals surface area contributed by atoms with Crippen molar-refractivity contribution in [2.75, 3.05) is 13.1 Å². The maximum absolute atomic E-state index is 12.5. The number of hydrogen-bond donors (Lipinski definition) is 0. The largest absolute Gasteiger partial charge is 0.294 e. The molecule has 4 nitrogen and oxygen atoms in total. The molecule has 126 valence electrons. The van der Waals surface area contributed by atoms with Gasteiger partial charge in [0, 0.05) is 28.6 Å². The molecule has 0 saturated carbocycles. The molecule has 1 fully saturated rings. The molecule has 0 N–H and O–H groups in total. The van der Waals surface area contributed by atoms with Crippen LogP contribution in [0.5, 0.6) is 0 Å². The topological polar surface area (TPSA) is 54.5 Å². The molecule has 2 aromatic rings. The van der Waals surface area contributed by atoms with E-state index in [-0.39, 0.29) is 10.7 Å². The molecule has 0 aliphatic carbocycles. The molecule has 0 amide bonds. The van der Waals surface area contributed by atoms with E-state index in [0.29, 0.717) is 25.1 Å². The van der Waals surface area contributed by atoms with Crippen molar-refractivity contribution in [1.29, 1.82) is 0 Å². The Labute approximate surface area is 156 Å². The number of halogens is 1. The van der Waals surface area contributed by atoms with E-state index in [2.05, 4.69) is 22.6 Å². The number of carbonyl (C=O) groups is 1. The number of ketones is 1. The minimum Gasteiger partial charge on any atom is -0.294 e. The van der Waals surface area contributed by atoms with E-state index in [9.17, 15) is 13.2 Å². The molecule has 3 rings (SSSR count). The number of benzene rings is 2. The van der Waals surface area contributed by atoms with Gasteiger partial charge in [-0.05, 0) is 65.3 Å². The summed E-state index contributed by atoms with van der Waals surface area (Å²) in [7, 11) is -3.42. The van der Waals surface area contributed by atoms with Crippen LogP contribution in [-0.2, 0) is 16.4 Å². The van der Waals surface area contributed by atoms with E-state index in [4.69, 9.17) is 0 Å². The monoisotopic (exact) mass is 455 g/mol. The summed E-state index contributed by atoms with van der Waals surface area (Å²) >= 11 is 2.22.